The second-order valence-electron chi connectivity index (χ2n) is 10.5. The molecule has 198 valence electrons. The molecule has 0 aliphatic heterocycles. The fourth-order valence-electron chi connectivity index (χ4n) is 4.07. The summed E-state index contributed by atoms with van der Waals surface area (Å²) in [6.07, 6.45) is 13.3. The average Bonchev–Trinajstić information content (AvgIpc) is 2.77. The van der Waals surface area contributed by atoms with E-state index in [0.717, 1.165) is 23.3 Å². The van der Waals surface area contributed by atoms with Crippen LogP contribution in [-0.2, 0) is 0 Å². The summed E-state index contributed by atoms with van der Waals surface area (Å²) in [6, 6.07) is 13.7. The molecule has 0 bridgehead atoms. The zero-order chi connectivity index (χ0) is 23.9. The number of hydrogen-bond donors (Lipinski definition) is 0. The molecule has 0 amide bonds. The van der Waals surface area contributed by atoms with Crippen LogP contribution >= 0.6 is 0 Å². The third kappa shape index (κ3) is 16.9. The molecule has 0 nitrogen and oxygen atoms in total. The van der Waals surface area contributed by atoms with Crippen LogP contribution < -0.4 is 0 Å². The number of halogens is 1. The maximum Gasteiger partial charge on any atom is 0.126 e. The van der Waals surface area contributed by atoms with Gasteiger partial charge in [-0.1, -0.05) is 141 Å². The molecule has 0 spiro atoms. The standard InChI is InChI=1S/C8H9F.C8H16.C8H10.C7H14.2CH4.H2/c1-6-3-4-7(2)8(9)5-6;2*1-7-3-5-8(2)6-4-7;1-7-5-3-2-4-6-7;;;/h3-5H,1-2H3;7-8H,3-6H2,1-2H3;3-6H,1-2H3;7H,2-6H2,1H3;2*1H4;1H. The molecule has 1 heteroatoms. The summed E-state index contributed by atoms with van der Waals surface area (Å²) in [5.74, 6) is 2.96. The Morgan fingerprint density at radius 1 is 0.559 bits per heavy atom. The second kappa shape index (κ2) is 19.7. The first-order chi connectivity index (χ1) is 15.2. The van der Waals surface area contributed by atoms with Gasteiger partial charge in [-0.2, -0.15) is 0 Å². The zero-order valence-corrected chi connectivity index (χ0v) is 22.0. The van der Waals surface area contributed by atoms with Crippen molar-refractivity contribution in [2.45, 2.75) is 121 Å². The molecule has 2 aliphatic rings. The highest BCUT2D eigenvalue weighted by atomic mass is 19.1. The van der Waals surface area contributed by atoms with E-state index in [-0.39, 0.29) is 22.1 Å². The third-order valence-corrected chi connectivity index (χ3v) is 6.74. The highest BCUT2D eigenvalue weighted by molar-refractivity contribution is 5.21. The first-order valence-corrected chi connectivity index (χ1v) is 12.9. The Kier molecular flexibility index (Phi) is 20.0. The van der Waals surface area contributed by atoms with Crippen molar-refractivity contribution in [2.75, 3.05) is 0 Å². The van der Waals surface area contributed by atoms with Gasteiger partial charge in [0.15, 0.2) is 0 Å². The quantitative estimate of drug-likeness (QED) is 0.356. The van der Waals surface area contributed by atoms with Gasteiger partial charge in [0.25, 0.3) is 0 Å². The van der Waals surface area contributed by atoms with E-state index in [2.05, 4.69) is 58.9 Å². The van der Waals surface area contributed by atoms with Gasteiger partial charge in [-0.05, 0) is 62.6 Å². The molecule has 2 fully saturated rings. The fourth-order valence-corrected chi connectivity index (χ4v) is 4.07. The molecular weight excluding hydrogens is 415 g/mol. The highest BCUT2D eigenvalue weighted by Gasteiger charge is 2.13. The minimum Gasteiger partial charge on any atom is -0.207 e. The number of rotatable bonds is 0. The lowest BCUT2D eigenvalue weighted by molar-refractivity contribution is 0.308. The number of aryl methyl sites for hydroxylation is 4. The zero-order valence-electron chi connectivity index (χ0n) is 22.0. The monoisotopic (exact) mass is 474 g/mol. The maximum atomic E-state index is 12.6. The smallest absolute Gasteiger partial charge is 0.126 e. The largest absolute Gasteiger partial charge is 0.207 e. The van der Waals surface area contributed by atoms with Crippen LogP contribution in [0.1, 0.15) is 117 Å². The molecular formula is C33H59F. The molecule has 34 heavy (non-hydrogen) atoms. The van der Waals surface area contributed by atoms with Crippen LogP contribution in [0.3, 0.4) is 0 Å². The van der Waals surface area contributed by atoms with Crippen LogP contribution in [0.4, 0.5) is 4.39 Å². The first kappa shape index (κ1) is 34.5. The Morgan fingerprint density at radius 3 is 1.21 bits per heavy atom. The Balaban J connectivity index is -0.000000380. The summed E-state index contributed by atoms with van der Waals surface area (Å²) in [5, 5.41) is 0. The second-order valence-corrected chi connectivity index (χ2v) is 10.5. The molecule has 0 saturated heterocycles. The highest BCUT2D eigenvalue weighted by Crippen LogP contribution is 2.27. The van der Waals surface area contributed by atoms with Gasteiger partial charge in [0.1, 0.15) is 5.82 Å². The molecule has 0 unspecified atom stereocenters. The van der Waals surface area contributed by atoms with Crippen molar-refractivity contribution in [3.8, 4) is 0 Å². The van der Waals surface area contributed by atoms with E-state index >= 15 is 0 Å². The van der Waals surface area contributed by atoms with Crippen molar-refractivity contribution >= 4 is 0 Å². The van der Waals surface area contributed by atoms with Crippen LogP contribution in [0.2, 0.25) is 0 Å². The van der Waals surface area contributed by atoms with Gasteiger partial charge >= 0.3 is 0 Å². The van der Waals surface area contributed by atoms with E-state index in [1.54, 1.807) is 13.0 Å². The van der Waals surface area contributed by atoms with E-state index in [9.17, 15) is 4.39 Å². The molecule has 0 N–H and O–H groups in total. The predicted molar refractivity (Wildman–Crippen MR) is 156 cm³/mol. The van der Waals surface area contributed by atoms with E-state index in [1.807, 2.05) is 13.0 Å². The van der Waals surface area contributed by atoms with Gasteiger partial charge in [-0.15, -0.1) is 0 Å². The van der Waals surface area contributed by atoms with Gasteiger partial charge < -0.3 is 0 Å². The molecule has 0 aromatic heterocycles. The SMILES string of the molecule is C.C.CC1CCC(C)CC1.CC1CCCCC1.Cc1ccc(C)c(F)c1.Cc1ccc(C)cc1.[HH]. The lowest BCUT2D eigenvalue weighted by Crippen LogP contribution is -2.08. The van der Waals surface area contributed by atoms with Gasteiger partial charge in [0, 0.05) is 1.43 Å². The van der Waals surface area contributed by atoms with Crippen LogP contribution in [0.15, 0.2) is 42.5 Å². The van der Waals surface area contributed by atoms with E-state index < -0.39 is 0 Å². The normalized spacial score (nSPS) is 19.3. The van der Waals surface area contributed by atoms with Crippen molar-refractivity contribution in [1.82, 2.24) is 0 Å². The summed E-state index contributed by atoms with van der Waals surface area (Å²) >= 11 is 0. The Labute approximate surface area is 215 Å². The summed E-state index contributed by atoms with van der Waals surface area (Å²) in [6.45, 7) is 14.9. The van der Waals surface area contributed by atoms with Crippen LogP contribution in [0.25, 0.3) is 0 Å². The lowest BCUT2D eigenvalue weighted by Gasteiger charge is -2.22. The third-order valence-electron chi connectivity index (χ3n) is 6.74. The Bertz CT molecular complexity index is 692. The van der Waals surface area contributed by atoms with Crippen molar-refractivity contribution in [3.63, 3.8) is 0 Å². The van der Waals surface area contributed by atoms with Crippen molar-refractivity contribution in [3.05, 3.63) is 70.5 Å². The van der Waals surface area contributed by atoms with E-state index in [0.29, 0.717) is 5.56 Å². The number of hydrogen-bond acceptors (Lipinski definition) is 0. The minimum atomic E-state index is -0.116. The summed E-state index contributed by atoms with van der Waals surface area (Å²) in [4.78, 5) is 0. The lowest BCUT2D eigenvalue weighted by atomic mass is 9.84. The van der Waals surface area contributed by atoms with Crippen molar-refractivity contribution in [2.24, 2.45) is 17.8 Å². The Hall–Kier alpha value is -1.63. The molecule has 2 saturated carbocycles. The van der Waals surface area contributed by atoms with Crippen LogP contribution in [0.5, 0.6) is 0 Å². The molecule has 0 atom stereocenters. The van der Waals surface area contributed by atoms with Gasteiger partial charge in [-0.3, -0.25) is 0 Å². The Morgan fingerprint density at radius 2 is 0.912 bits per heavy atom. The summed E-state index contributed by atoms with van der Waals surface area (Å²) < 4.78 is 12.6. The van der Waals surface area contributed by atoms with Gasteiger partial charge in [0.2, 0.25) is 0 Å². The summed E-state index contributed by atoms with van der Waals surface area (Å²) in [5.41, 5.74) is 4.34. The van der Waals surface area contributed by atoms with E-state index in [1.165, 1.54) is 75.0 Å². The average molecular weight is 475 g/mol. The molecule has 4 rings (SSSR count). The van der Waals surface area contributed by atoms with E-state index in [4.69, 9.17) is 0 Å². The molecule has 2 aromatic rings. The maximum absolute atomic E-state index is 12.6. The fraction of sp³-hybridized carbons (Fsp3) is 0.636. The minimum absolute atomic E-state index is 0. The van der Waals surface area contributed by atoms with Crippen LogP contribution in [0, 0.1) is 51.3 Å². The van der Waals surface area contributed by atoms with Gasteiger partial charge in [-0.25, -0.2) is 4.39 Å². The summed E-state index contributed by atoms with van der Waals surface area (Å²) in [7, 11) is 0. The topological polar surface area (TPSA) is 0 Å². The van der Waals surface area contributed by atoms with Crippen molar-refractivity contribution < 1.29 is 5.82 Å². The van der Waals surface area contributed by atoms with Crippen LogP contribution in [-0.4, -0.2) is 0 Å². The number of benzene rings is 2. The predicted octanol–water partition coefficient (Wildman–Crippen LogP) is 11.7. The molecule has 0 heterocycles. The van der Waals surface area contributed by atoms with Crippen molar-refractivity contribution in [1.29, 1.82) is 0 Å². The molecule has 2 aliphatic carbocycles. The first-order valence-electron chi connectivity index (χ1n) is 12.9. The molecule has 2 aromatic carbocycles. The molecule has 0 radical (unpaired) electrons. The van der Waals surface area contributed by atoms with Gasteiger partial charge in [0.05, 0.1) is 0 Å².